The van der Waals surface area contributed by atoms with Gasteiger partial charge in [0.25, 0.3) is 0 Å². The fourth-order valence-electron chi connectivity index (χ4n) is 4.10. The number of nitrogens with two attached hydrogens (primary N) is 1. The molecule has 2 aliphatic rings. The third-order valence-corrected chi connectivity index (χ3v) is 5.52. The van der Waals surface area contributed by atoms with Gasteiger partial charge in [0.2, 0.25) is 0 Å². The molecule has 130 valence electrons. The molecule has 1 aliphatic heterocycles. The minimum Gasteiger partial charge on any atom is -0.464 e. The van der Waals surface area contributed by atoms with Gasteiger partial charge in [-0.3, -0.25) is 4.79 Å². The molecule has 1 saturated heterocycles. The summed E-state index contributed by atoms with van der Waals surface area (Å²) in [5, 5.41) is 3.30. The van der Waals surface area contributed by atoms with Crippen molar-refractivity contribution < 1.29 is 9.53 Å². The van der Waals surface area contributed by atoms with Crippen molar-refractivity contribution in [2.24, 2.45) is 11.7 Å². The van der Waals surface area contributed by atoms with Crippen LogP contribution >= 0.6 is 0 Å². The molecule has 2 aromatic rings. The monoisotopic (exact) mass is 336 g/mol. The lowest BCUT2D eigenvalue weighted by molar-refractivity contribution is -0.147. The summed E-state index contributed by atoms with van der Waals surface area (Å²) in [6, 6.07) is 16.2. The summed E-state index contributed by atoms with van der Waals surface area (Å²) < 4.78 is 5.67. The highest BCUT2D eigenvalue weighted by Crippen LogP contribution is 2.44. The van der Waals surface area contributed by atoms with Crippen molar-refractivity contribution in [2.75, 3.05) is 19.7 Å². The number of carbonyl (C=O) groups is 1. The van der Waals surface area contributed by atoms with E-state index in [9.17, 15) is 4.79 Å². The van der Waals surface area contributed by atoms with Crippen molar-refractivity contribution >= 4 is 5.97 Å². The Balaban J connectivity index is 1.48. The molecule has 1 unspecified atom stereocenters. The molecule has 0 bridgehead atoms. The summed E-state index contributed by atoms with van der Waals surface area (Å²) in [5.41, 5.74) is 11.1. The third-order valence-electron chi connectivity index (χ3n) is 5.52. The van der Waals surface area contributed by atoms with Crippen molar-refractivity contribution in [2.45, 2.75) is 24.8 Å². The fraction of sp³-hybridized carbons (Fsp3) is 0.381. The fourth-order valence-corrected chi connectivity index (χ4v) is 4.10. The Labute approximate surface area is 148 Å². The number of esters is 1. The Morgan fingerprint density at radius 2 is 1.60 bits per heavy atom. The van der Waals surface area contributed by atoms with Crippen molar-refractivity contribution in [3.63, 3.8) is 0 Å². The van der Waals surface area contributed by atoms with E-state index in [1.165, 1.54) is 22.3 Å². The van der Waals surface area contributed by atoms with Crippen molar-refractivity contribution in [1.29, 1.82) is 0 Å². The minimum atomic E-state index is -0.519. The van der Waals surface area contributed by atoms with Gasteiger partial charge in [-0.05, 0) is 54.1 Å². The highest BCUT2D eigenvalue weighted by Gasteiger charge is 2.31. The number of nitrogens with one attached hydrogen (secondary N) is 1. The second-order valence-electron chi connectivity index (χ2n) is 6.97. The molecule has 0 saturated carbocycles. The van der Waals surface area contributed by atoms with Crippen LogP contribution in [0.5, 0.6) is 0 Å². The van der Waals surface area contributed by atoms with Crippen LogP contribution in [0.25, 0.3) is 11.1 Å². The standard InChI is InChI=1S/C21H24N2O2/c22-20(14-9-11-23-12-10-14)21(24)25-13-19-17-7-3-1-5-15(17)16-6-2-4-8-18(16)19/h1-8,14,19-20,23H,9-13,22H2. The molecule has 0 amide bonds. The van der Waals surface area contributed by atoms with Gasteiger partial charge in [0.05, 0.1) is 0 Å². The van der Waals surface area contributed by atoms with Gasteiger partial charge in [0.15, 0.2) is 0 Å². The quantitative estimate of drug-likeness (QED) is 0.843. The number of fused-ring (bicyclic) bond motifs is 3. The van der Waals surface area contributed by atoms with Gasteiger partial charge >= 0.3 is 5.97 Å². The Hall–Kier alpha value is -2.17. The van der Waals surface area contributed by atoms with Crippen LogP contribution in [-0.2, 0) is 9.53 Å². The van der Waals surface area contributed by atoms with Gasteiger partial charge in [-0.1, -0.05) is 48.5 Å². The lowest BCUT2D eigenvalue weighted by Crippen LogP contribution is -2.44. The van der Waals surface area contributed by atoms with Crippen LogP contribution in [0.3, 0.4) is 0 Å². The zero-order valence-electron chi connectivity index (χ0n) is 14.3. The van der Waals surface area contributed by atoms with Crippen LogP contribution in [0.4, 0.5) is 0 Å². The first-order valence-electron chi connectivity index (χ1n) is 9.07. The molecule has 2 aromatic carbocycles. The van der Waals surface area contributed by atoms with Gasteiger partial charge in [-0.2, -0.15) is 0 Å². The normalized spacial score (nSPS) is 18.4. The molecule has 4 heteroatoms. The topological polar surface area (TPSA) is 64.4 Å². The van der Waals surface area contributed by atoms with Gasteiger partial charge in [-0.15, -0.1) is 0 Å². The van der Waals surface area contributed by atoms with Gasteiger partial charge in [0, 0.05) is 5.92 Å². The summed E-state index contributed by atoms with van der Waals surface area (Å²) in [6.07, 6.45) is 1.87. The Bertz CT molecular complexity index is 722. The molecular weight excluding hydrogens is 312 g/mol. The van der Waals surface area contributed by atoms with E-state index in [0.29, 0.717) is 6.61 Å². The molecule has 1 fully saturated rings. The molecule has 0 radical (unpaired) electrons. The van der Waals surface area contributed by atoms with E-state index in [1.807, 2.05) is 12.1 Å². The average Bonchev–Trinajstić information content (AvgIpc) is 3.00. The summed E-state index contributed by atoms with van der Waals surface area (Å²) in [7, 11) is 0. The number of hydrogen-bond acceptors (Lipinski definition) is 4. The maximum Gasteiger partial charge on any atom is 0.323 e. The smallest absolute Gasteiger partial charge is 0.323 e. The average molecular weight is 336 g/mol. The largest absolute Gasteiger partial charge is 0.464 e. The van der Waals surface area contributed by atoms with Crippen LogP contribution in [0, 0.1) is 5.92 Å². The number of piperidine rings is 1. The van der Waals surface area contributed by atoms with Crippen LogP contribution in [0.2, 0.25) is 0 Å². The molecule has 1 atom stereocenters. The first kappa shape index (κ1) is 16.3. The molecule has 1 heterocycles. The van der Waals surface area contributed by atoms with Gasteiger partial charge < -0.3 is 15.8 Å². The molecule has 0 spiro atoms. The van der Waals surface area contributed by atoms with Gasteiger partial charge in [0.1, 0.15) is 12.6 Å². The van der Waals surface area contributed by atoms with E-state index in [1.54, 1.807) is 0 Å². The number of ether oxygens (including phenoxy) is 1. The number of benzene rings is 2. The number of rotatable bonds is 4. The molecule has 4 rings (SSSR count). The zero-order chi connectivity index (χ0) is 17.2. The van der Waals surface area contributed by atoms with Crippen molar-refractivity contribution in [1.82, 2.24) is 5.32 Å². The Kier molecular flexibility index (Phi) is 4.55. The van der Waals surface area contributed by atoms with E-state index in [-0.39, 0.29) is 17.8 Å². The third kappa shape index (κ3) is 3.08. The zero-order valence-corrected chi connectivity index (χ0v) is 14.3. The van der Waals surface area contributed by atoms with E-state index in [4.69, 9.17) is 10.5 Å². The van der Waals surface area contributed by atoms with Gasteiger partial charge in [-0.25, -0.2) is 0 Å². The van der Waals surface area contributed by atoms with E-state index in [0.717, 1.165) is 25.9 Å². The first-order chi connectivity index (χ1) is 12.3. The highest BCUT2D eigenvalue weighted by molar-refractivity contribution is 5.79. The first-order valence-corrected chi connectivity index (χ1v) is 9.07. The van der Waals surface area contributed by atoms with E-state index < -0.39 is 6.04 Å². The summed E-state index contributed by atoms with van der Waals surface area (Å²) in [6.45, 7) is 2.20. The Morgan fingerprint density at radius 1 is 1.04 bits per heavy atom. The predicted molar refractivity (Wildman–Crippen MR) is 98.2 cm³/mol. The summed E-state index contributed by atoms with van der Waals surface area (Å²) in [4.78, 5) is 12.5. The summed E-state index contributed by atoms with van der Waals surface area (Å²) in [5.74, 6) is 0.0437. The van der Waals surface area contributed by atoms with E-state index >= 15 is 0 Å². The second-order valence-corrected chi connectivity index (χ2v) is 6.97. The lowest BCUT2D eigenvalue weighted by Gasteiger charge is -2.27. The molecule has 25 heavy (non-hydrogen) atoms. The molecule has 1 aliphatic carbocycles. The minimum absolute atomic E-state index is 0.0940. The van der Waals surface area contributed by atoms with Crippen molar-refractivity contribution in [3.05, 3.63) is 59.7 Å². The molecule has 0 aromatic heterocycles. The Morgan fingerprint density at radius 3 is 2.20 bits per heavy atom. The second kappa shape index (κ2) is 6.98. The predicted octanol–water partition coefficient (Wildman–Crippen LogP) is 2.67. The molecular formula is C21H24N2O2. The molecule has 3 N–H and O–H groups in total. The van der Waals surface area contributed by atoms with E-state index in [2.05, 4.69) is 41.7 Å². The van der Waals surface area contributed by atoms with Crippen LogP contribution in [0.15, 0.2) is 48.5 Å². The molecule has 4 nitrogen and oxygen atoms in total. The van der Waals surface area contributed by atoms with Crippen LogP contribution in [0.1, 0.15) is 29.9 Å². The number of hydrogen-bond donors (Lipinski definition) is 2. The van der Waals surface area contributed by atoms with Crippen LogP contribution < -0.4 is 11.1 Å². The maximum atomic E-state index is 12.5. The van der Waals surface area contributed by atoms with Crippen molar-refractivity contribution in [3.8, 4) is 11.1 Å². The highest BCUT2D eigenvalue weighted by atomic mass is 16.5. The number of carbonyl (C=O) groups excluding carboxylic acids is 1. The maximum absolute atomic E-state index is 12.5. The lowest BCUT2D eigenvalue weighted by atomic mass is 9.91. The SMILES string of the molecule is NC(C(=O)OCC1c2ccccc2-c2ccccc21)C1CCNCC1. The van der Waals surface area contributed by atoms with Crippen LogP contribution in [-0.4, -0.2) is 31.7 Å². The summed E-state index contributed by atoms with van der Waals surface area (Å²) >= 11 is 0.